The van der Waals surface area contributed by atoms with Gasteiger partial charge in [0.15, 0.2) is 12.4 Å². The lowest BCUT2D eigenvalue weighted by Gasteiger charge is -2.19. The van der Waals surface area contributed by atoms with Crippen LogP contribution >= 0.6 is 0 Å². The van der Waals surface area contributed by atoms with Crippen LogP contribution in [0.15, 0.2) is 29.4 Å². The number of likely N-dealkylation sites (N-methyl/N-ethyl adjacent to an activating group) is 1. The first-order chi connectivity index (χ1) is 9.13. The quantitative estimate of drug-likeness (QED) is 0.348. The van der Waals surface area contributed by atoms with Crippen LogP contribution in [0, 0.1) is 0 Å². The van der Waals surface area contributed by atoms with E-state index in [4.69, 9.17) is 15.7 Å². The fourth-order valence-electron chi connectivity index (χ4n) is 1.67. The number of carbonyl (C=O) groups excluding carboxylic acids is 1. The molecule has 0 radical (unpaired) electrons. The number of hydrogen-bond donors (Lipinski definition) is 2. The third-order valence-electron chi connectivity index (χ3n) is 2.74. The Labute approximate surface area is 112 Å². The van der Waals surface area contributed by atoms with Gasteiger partial charge in [0.1, 0.15) is 5.75 Å². The van der Waals surface area contributed by atoms with Gasteiger partial charge in [0, 0.05) is 13.1 Å². The molecule has 104 valence electrons. The van der Waals surface area contributed by atoms with Crippen LogP contribution in [0.4, 0.5) is 0 Å². The summed E-state index contributed by atoms with van der Waals surface area (Å²) >= 11 is 0. The van der Waals surface area contributed by atoms with E-state index in [1.807, 2.05) is 13.8 Å². The summed E-state index contributed by atoms with van der Waals surface area (Å²) in [6, 6.07) is 6.83. The highest BCUT2D eigenvalue weighted by Gasteiger charge is 2.12. The number of carbonyl (C=O) groups is 1. The number of ether oxygens (including phenoxy) is 1. The van der Waals surface area contributed by atoms with Gasteiger partial charge in [-0.15, -0.1) is 0 Å². The Hall–Kier alpha value is -2.24. The zero-order valence-electron chi connectivity index (χ0n) is 11.2. The molecule has 1 aromatic carbocycles. The van der Waals surface area contributed by atoms with E-state index in [1.165, 1.54) is 0 Å². The number of amides is 1. The van der Waals surface area contributed by atoms with Gasteiger partial charge in [-0.3, -0.25) is 4.79 Å². The minimum atomic E-state index is -0.0979. The largest absolute Gasteiger partial charge is 0.483 e. The molecule has 3 N–H and O–H groups in total. The lowest BCUT2D eigenvalue weighted by Crippen LogP contribution is -2.34. The molecule has 0 aliphatic rings. The highest BCUT2D eigenvalue weighted by Crippen LogP contribution is 2.17. The third kappa shape index (κ3) is 3.87. The predicted octanol–water partition coefficient (Wildman–Crippen LogP) is 1.03. The van der Waals surface area contributed by atoms with Gasteiger partial charge in [-0.2, -0.15) is 0 Å². The van der Waals surface area contributed by atoms with Crippen LogP contribution in [-0.4, -0.2) is 41.5 Å². The topological polar surface area (TPSA) is 88.2 Å². The van der Waals surface area contributed by atoms with E-state index in [2.05, 4.69) is 5.16 Å². The van der Waals surface area contributed by atoms with Crippen molar-refractivity contribution in [3.05, 3.63) is 29.8 Å². The van der Waals surface area contributed by atoms with Crippen LogP contribution in [0.25, 0.3) is 0 Å². The molecule has 0 saturated heterocycles. The van der Waals surface area contributed by atoms with E-state index in [0.717, 1.165) is 0 Å². The average molecular weight is 265 g/mol. The van der Waals surface area contributed by atoms with Crippen molar-refractivity contribution in [1.82, 2.24) is 4.90 Å². The minimum absolute atomic E-state index is 0.0501. The number of para-hydroxylation sites is 1. The van der Waals surface area contributed by atoms with Crippen molar-refractivity contribution in [2.45, 2.75) is 13.8 Å². The average Bonchev–Trinajstić information content (AvgIpc) is 2.45. The summed E-state index contributed by atoms with van der Waals surface area (Å²) in [5.41, 5.74) is 5.99. The maximum absolute atomic E-state index is 11.8. The van der Waals surface area contributed by atoms with Gasteiger partial charge in [-0.25, -0.2) is 0 Å². The molecule has 0 saturated carbocycles. The standard InChI is InChI=1S/C13H19N3O3/c1-3-16(4-2)12(17)9-19-11-8-6-5-7-10(11)13(14)15-18/h5-8,18H,3-4,9H2,1-2H3,(H2,14,15). The van der Waals surface area contributed by atoms with Gasteiger partial charge in [0.25, 0.3) is 5.91 Å². The number of nitrogens with two attached hydrogens (primary N) is 1. The van der Waals surface area contributed by atoms with E-state index < -0.39 is 0 Å². The zero-order chi connectivity index (χ0) is 14.3. The number of rotatable bonds is 6. The molecule has 0 heterocycles. The Bertz CT molecular complexity index is 456. The number of hydrogen-bond acceptors (Lipinski definition) is 4. The zero-order valence-corrected chi connectivity index (χ0v) is 11.2. The Kier molecular flexibility index (Phi) is 5.66. The summed E-state index contributed by atoms with van der Waals surface area (Å²) in [5, 5.41) is 11.6. The molecule has 0 aliphatic carbocycles. The molecule has 0 fully saturated rings. The lowest BCUT2D eigenvalue weighted by molar-refractivity contribution is -0.132. The number of benzene rings is 1. The molecule has 1 aromatic rings. The maximum atomic E-state index is 11.8. The molecule has 0 aromatic heterocycles. The molecule has 0 spiro atoms. The van der Waals surface area contributed by atoms with Gasteiger partial charge >= 0.3 is 0 Å². The lowest BCUT2D eigenvalue weighted by atomic mass is 10.2. The molecular formula is C13H19N3O3. The van der Waals surface area contributed by atoms with Crippen molar-refractivity contribution in [3.63, 3.8) is 0 Å². The summed E-state index contributed by atoms with van der Waals surface area (Å²) < 4.78 is 5.44. The van der Waals surface area contributed by atoms with E-state index in [9.17, 15) is 4.79 Å². The van der Waals surface area contributed by atoms with Gasteiger partial charge in [-0.05, 0) is 26.0 Å². The molecule has 0 aliphatic heterocycles. The second-order valence-electron chi connectivity index (χ2n) is 3.84. The Morgan fingerprint density at radius 3 is 2.58 bits per heavy atom. The monoisotopic (exact) mass is 265 g/mol. The van der Waals surface area contributed by atoms with Gasteiger partial charge in [0.2, 0.25) is 0 Å². The normalized spacial score (nSPS) is 11.2. The molecule has 0 unspecified atom stereocenters. The summed E-state index contributed by atoms with van der Waals surface area (Å²) in [6.45, 7) is 5.02. The predicted molar refractivity (Wildman–Crippen MR) is 72.4 cm³/mol. The SMILES string of the molecule is CCN(CC)C(=O)COc1ccccc1/C(N)=N/O. The Morgan fingerprint density at radius 1 is 1.37 bits per heavy atom. The molecule has 19 heavy (non-hydrogen) atoms. The highest BCUT2D eigenvalue weighted by atomic mass is 16.5. The molecule has 1 amide bonds. The van der Waals surface area contributed by atoms with Crippen molar-refractivity contribution in [3.8, 4) is 5.75 Å². The van der Waals surface area contributed by atoms with E-state index in [1.54, 1.807) is 29.2 Å². The van der Waals surface area contributed by atoms with Gasteiger partial charge in [-0.1, -0.05) is 17.3 Å². The number of nitrogens with zero attached hydrogens (tertiary/aromatic N) is 2. The summed E-state index contributed by atoms with van der Waals surface area (Å²) in [7, 11) is 0. The van der Waals surface area contributed by atoms with Crippen molar-refractivity contribution in [2.24, 2.45) is 10.9 Å². The number of amidine groups is 1. The van der Waals surface area contributed by atoms with E-state index in [-0.39, 0.29) is 18.3 Å². The van der Waals surface area contributed by atoms with Crippen LogP contribution in [-0.2, 0) is 4.79 Å². The molecule has 0 bridgehead atoms. The Morgan fingerprint density at radius 2 is 2.00 bits per heavy atom. The van der Waals surface area contributed by atoms with Crippen molar-refractivity contribution in [1.29, 1.82) is 0 Å². The van der Waals surface area contributed by atoms with Crippen LogP contribution in [0.1, 0.15) is 19.4 Å². The summed E-state index contributed by atoms with van der Waals surface area (Å²) in [5.74, 6) is 0.267. The fraction of sp³-hybridized carbons (Fsp3) is 0.385. The molecular weight excluding hydrogens is 246 g/mol. The number of oxime groups is 1. The maximum Gasteiger partial charge on any atom is 0.260 e. The third-order valence-corrected chi connectivity index (χ3v) is 2.74. The summed E-state index contributed by atoms with van der Waals surface area (Å²) in [6.07, 6.45) is 0. The van der Waals surface area contributed by atoms with Gasteiger partial charge in [0.05, 0.1) is 5.56 Å². The second-order valence-corrected chi connectivity index (χ2v) is 3.84. The van der Waals surface area contributed by atoms with Crippen LogP contribution in [0.2, 0.25) is 0 Å². The Balaban J connectivity index is 2.76. The molecule has 6 heteroatoms. The van der Waals surface area contributed by atoms with Crippen molar-refractivity contribution in [2.75, 3.05) is 19.7 Å². The van der Waals surface area contributed by atoms with E-state index in [0.29, 0.717) is 24.4 Å². The van der Waals surface area contributed by atoms with E-state index >= 15 is 0 Å². The molecule has 0 atom stereocenters. The fourth-order valence-corrected chi connectivity index (χ4v) is 1.67. The van der Waals surface area contributed by atoms with Gasteiger partial charge < -0.3 is 20.6 Å². The van der Waals surface area contributed by atoms with Crippen LogP contribution in [0.5, 0.6) is 5.75 Å². The first kappa shape index (κ1) is 14.8. The second kappa shape index (κ2) is 7.25. The summed E-state index contributed by atoms with van der Waals surface area (Å²) in [4.78, 5) is 13.5. The first-order valence-corrected chi connectivity index (χ1v) is 6.11. The minimum Gasteiger partial charge on any atom is -0.483 e. The van der Waals surface area contributed by atoms with Crippen LogP contribution in [0.3, 0.4) is 0 Å². The highest BCUT2D eigenvalue weighted by molar-refractivity contribution is 5.99. The van der Waals surface area contributed by atoms with Crippen LogP contribution < -0.4 is 10.5 Å². The molecule has 6 nitrogen and oxygen atoms in total. The van der Waals surface area contributed by atoms with Crippen molar-refractivity contribution < 1.29 is 14.7 Å². The smallest absolute Gasteiger partial charge is 0.260 e. The first-order valence-electron chi connectivity index (χ1n) is 6.11. The molecule has 1 rings (SSSR count). The van der Waals surface area contributed by atoms with Crippen molar-refractivity contribution >= 4 is 11.7 Å².